The molecule has 0 unspecified atom stereocenters. The lowest BCUT2D eigenvalue weighted by molar-refractivity contribution is -0.137. The Morgan fingerprint density at radius 2 is 2.13 bits per heavy atom. The van der Waals surface area contributed by atoms with Crippen LogP contribution in [0.25, 0.3) is 0 Å². The minimum absolute atomic E-state index is 0.0590. The number of nitrogens with one attached hydrogen (secondary N) is 1. The molecule has 1 aromatic heterocycles. The van der Waals surface area contributed by atoms with Crippen molar-refractivity contribution >= 4 is 22.9 Å². The molecule has 0 spiro atoms. The molecule has 0 bridgehead atoms. The van der Waals surface area contributed by atoms with Crippen molar-refractivity contribution in [3.63, 3.8) is 0 Å². The van der Waals surface area contributed by atoms with Crippen LogP contribution in [0, 0.1) is 6.92 Å². The number of ether oxygens (including phenoxy) is 1. The van der Waals surface area contributed by atoms with E-state index in [2.05, 4.69) is 10.3 Å². The Kier molecular flexibility index (Phi) is 5.38. The fourth-order valence-corrected chi connectivity index (χ4v) is 3.00. The van der Waals surface area contributed by atoms with Crippen molar-refractivity contribution < 1.29 is 22.7 Å². The van der Waals surface area contributed by atoms with E-state index in [1.807, 2.05) is 0 Å². The molecule has 0 saturated heterocycles. The van der Waals surface area contributed by atoms with E-state index < -0.39 is 11.7 Å². The summed E-state index contributed by atoms with van der Waals surface area (Å²) in [6, 6.07) is 4.55. The van der Waals surface area contributed by atoms with Gasteiger partial charge in [-0.1, -0.05) is 6.07 Å². The molecule has 4 nitrogen and oxygen atoms in total. The molecule has 0 atom stereocenters. The molecule has 0 fully saturated rings. The highest BCUT2D eigenvalue weighted by Crippen LogP contribution is 2.30. The number of methoxy groups -OCH3 is 1. The summed E-state index contributed by atoms with van der Waals surface area (Å²) in [5.41, 5.74) is 0.0389. The van der Waals surface area contributed by atoms with Crippen LogP contribution in [0.2, 0.25) is 0 Å². The van der Waals surface area contributed by atoms with E-state index in [1.165, 1.54) is 23.5 Å². The van der Waals surface area contributed by atoms with E-state index in [0.29, 0.717) is 6.61 Å². The lowest BCUT2D eigenvalue weighted by atomic mass is 10.2. The zero-order valence-corrected chi connectivity index (χ0v) is 13.3. The molecule has 0 aliphatic heterocycles. The number of carbonyl (C=O) groups is 1. The number of rotatable bonds is 5. The Morgan fingerprint density at radius 3 is 2.78 bits per heavy atom. The van der Waals surface area contributed by atoms with Gasteiger partial charge < -0.3 is 10.1 Å². The Balaban J connectivity index is 2.05. The van der Waals surface area contributed by atoms with E-state index >= 15 is 0 Å². The Morgan fingerprint density at radius 1 is 1.39 bits per heavy atom. The minimum Gasteiger partial charge on any atom is -0.378 e. The van der Waals surface area contributed by atoms with Crippen LogP contribution in [-0.4, -0.2) is 18.0 Å². The van der Waals surface area contributed by atoms with Crippen molar-refractivity contribution in [2.75, 3.05) is 12.4 Å². The third kappa shape index (κ3) is 4.77. The number of benzene rings is 1. The van der Waals surface area contributed by atoms with Gasteiger partial charge in [-0.15, -0.1) is 11.3 Å². The molecule has 2 aromatic rings. The Labute approximate surface area is 135 Å². The molecule has 124 valence electrons. The molecular weight excluding hydrogens is 329 g/mol. The molecule has 23 heavy (non-hydrogen) atoms. The van der Waals surface area contributed by atoms with Gasteiger partial charge in [-0.3, -0.25) is 4.79 Å². The van der Waals surface area contributed by atoms with E-state index in [-0.39, 0.29) is 18.0 Å². The van der Waals surface area contributed by atoms with E-state index in [0.717, 1.165) is 27.7 Å². The molecular formula is C15H15F3N2O2S. The summed E-state index contributed by atoms with van der Waals surface area (Å²) in [6.45, 7) is 2.14. The van der Waals surface area contributed by atoms with Crippen molar-refractivity contribution in [2.45, 2.75) is 26.1 Å². The zero-order valence-electron chi connectivity index (χ0n) is 12.5. The minimum atomic E-state index is -4.44. The molecule has 0 aliphatic rings. The SMILES string of the molecule is COCc1nc(C)c(CC(=O)Nc2cccc(C(F)(F)F)c2)s1. The van der Waals surface area contributed by atoms with Gasteiger partial charge in [-0.05, 0) is 25.1 Å². The number of nitrogens with zero attached hydrogens (tertiary/aromatic N) is 1. The van der Waals surface area contributed by atoms with E-state index in [4.69, 9.17) is 4.74 Å². The highest BCUT2D eigenvalue weighted by molar-refractivity contribution is 7.11. The smallest absolute Gasteiger partial charge is 0.378 e. The van der Waals surface area contributed by atoms with Crippen molar-refractivity contribution in [1.82, 2.24) is 4.98 Å². The van der Waals surface area contributed by atoms with E-state index in [1.54, 1.807) is 14.0 Å². The molecule has 1 amide bonds. The molecule has 1 heterocycles. The maximum absolute atomic E-state index is 12.6. The third-order valence-corrected chi connectivity index (χ3v) is 4.13. The standard InChI is InChI=1S/C15H15F3N2O2S/c1-9-12(23-14(19-9)8-22-2)7-13(21)20-11-5-3-4-10(6-11)15(16,17)18/h3-6H,7-8H2,1-2H3,(H,20,21). The number of hydrogen-bond acceptors (Lipinski definition) is 4. The summed E-state index contributed by atoms with van der Waals surface area (Å²) in [4.78, 5) is 17.1. The number of hydrogen-bond donors (Lipinski definition) is 1. The predicted octanol–water partition coefficient (Wildman–Crippen LogP) is 3.80. The maximum Gasteiger partial charge on any atom is 0.416 e. The predicted molar refractivity (Wildman–Crippen MR) is 81.3 cm³/mol. The van der Waals surface area contributed by atoms with Gasteiger partial charge in [-0.25, -0.2) is 4.98 Å². The van der Waals surface area contributed by atoms with Crippen LogP contribution in [0.4, 0.5) is 18.9 Å². The van der Waals surface area contributed by atoms with Gasteiger partial charge >= 0.3 is 6.18 Å². The Hall–Kier alpha value is -1.93. The molecule has 1 N–H and O–H groups in total. The monoisotopic (exact) mass is 344 g/mol. The number of anilines is 1. The van der Waals surface area contributed by atoms with Crippen LogP contribution in [0.1, 0.15) is 21.1 Å². The lowest BCUT2D eigenvalue weighted by Crippen LogP contribution is -2.15. The number of alkyl halides is 3. The summed E-state index contributed by atoms with van der Waals surface area (Å²) in [7, 11) is 1.55. The highest BCUT2D eigenvalue weighted by Gasteiger charge is 2.30. The topological polar surface area (TPSA) is 51.2 Å². The third-order valence-electron chi connectivity index (χ3n) is 3.00. The second-order valence-corrected chi connectivity index (χ2v) is 6.02. The fraction of sp³-hybridized carbons (Fsp3) is 0.333. The van der Waals surface area contributed by atoms with Crippen LogP contribution in [0.5, 0.6) is 0 Å². The second kappa shape index (κ2) is 7.10. The summed E-state index contributed by atoms with van der Waals surface area (Å²) in [6.07, 6.45) is -4.38. The van der Waals surface area contributed by atoms with Crippen LogP contribution < -0.4 is 5.32 Å². The number of carbonyl (C=O) groups excluding carboxylic acids is 1. The summed E-state index contributed by atoms with van der Waals surface area (Å²) in [5.74, 6) is -0.389. The normalized spacial score (nSPS) is 11.5. The number of amides is 1. The van der Waals surface area contributed by atoms with Crippen molar-refractivity contribution in [2.24, 2.45) is 0 Å². The van der Waals surface area contributed by atoms with Gasteiger partial charge in [0, 0.05) is 17.7 Å². The van der Waals surface area contributed by atoms with Crippen molar-refractivity contribution in [3.8, 4) is 0 Å². The van der Waals surface area contributed by atoms with Crippen molar-refractivity contribution in [3.05, 3.63) is 45.4 Å². The van der Waals surface area contributed by atoms with Gasteiger partial charge in [-0.2, -0.15) is 13.2 Å². The molecule has 0 saturated carbocycles. The lowest BCUT2D eigenvalue weighted by Gasteiger charge is -2.09. The molecule has 2 rings (SSSR count). The number of thiazole rings is 1. The van der Waals surface area contributed by atoms with Gasteiger partial charge in [0.25, 0.3) is 0 Å². The molecule has 0 radical (unpaired) electrons. The average Bonchev–Trinajstić information content (AvgIpc) is 2.78. The summed E-state index contributed by atoms with van der Waals surface area (Å²) >= 11 is 1.35. The summed E-state index contributed by atoms with van der Waals surface area (Å²) < 4.78 is 42.9. The first-order valence-corrected chi connectivity index (χ1v) is 7.52. The van der Waals surface area contributed by atoms with Crippen molar-refractivity contribution in [1.29, 1.82) is 0 Å². The van der Waals surface area contributed by atoms with Gasteiger partial charge in [0.15, 0.2) is 0 Å². The van der Waals surface area contributed by atoms with Gasteiger partial charge in [0.2, 0.25) is 5.91 Å². The van der Waals surface area contributed by atoms with Crippen LogP contribution in [-0.2, 0) is 28.7 Å². The fourth-order valence-electron chi connectivity index (χ4n) is 1.96. The van der Waals surface area contributed by atoms with Gasteiger partial charge in [0.05, 0.1) is 24.3 Å². The second-order valence-electron chi connectivity index (χ2n) is 4.85. The first-order valence-electron chi connectivity index (χ1n) is 6.71. The number of aromatic nitrogens is 1. The van der Waals surface area contributed by atoms with E-state index in [9.17, 15) is 18.0 Å². The number of aryl methyl sites for hydroxylation is 1. The first-order chi connectivity index (χ1) is 10.8. The average molecular weight is 344 g/mol. The quantitative estimate of drug-likeness (QED) is 0.898. The van der Waals surface area contributed by atoms with Crippen LogP contribution >= 0.6 is 11.3 Å². The first kappa shape index (κ1) is 17.4. The zero-order chi connectivity index (χ0) is 17.0. The largest absolute Gasteiger partial charge is 0.416 e. The number of halogens is 3. The van der Waals surface area contributed by atoms with Crippen LogP contribution in [0.15, 0.2) is 24.3 Å². The summed E-state index contributed by atoms with van der Waals surface area (Å²) in [5, 5.41) is 3.24. The van der Waals surface area contributed by atoms with Crippen LogP contribution in [0.3, 0.4) is 0 Å². The highest BCUT2D eigenvalue weighted by atomic mass is 32.1. The molecule has 1 aromatic carbocycles. The molecule has 8 heteroatoms. The van der Waals surface area contributed by atoms with Gasteiger partial charge in [0.1, 0.15) is 5.01 Å². The Bertz CT molecular complexity index is 698. The molecule has 0 aliphatic carbocycles. The maximum atomic E-state index is 12.6.